The summed E-state index contributed by atoms with van der Waals surface area (Å²) < 4.78 is 18.9. The minimum atomic E-state index is -0.409. The van der Waals surface area contributed by atoms with Gasteiger partial charge in [0.15, 0.2) is 5.76 Å². The molecule has 3 aromatic rings. The van der Waals surface area contributed by atoms with Crippen molar-refractivity contribution in [2.24, 2.45) is 0 Å². The number of hydrogen-bond donors (Lipinski definition) is 0. The first-order valence-electron chi connectivity index (χ1n) is 9.33. The Kier molecular flexibility index (Phi) is 4.90. The summed E-state index contributed by atoms with van der Waals surface area (Å²) in [5.74, 6) is 0.777. The Hall–Kier alpha value is -3.09. The number of halogens is 1. The summed E-state index contributed by atoms with van der Waals surface area (Å²) in [5.41, 5.74) is 2.82. The largest absolute Gasteiger partial charge is 0.356 e. The van der Waals surface area contributed by atoms with Crippen LogP contribution in [0.25, 0.3) is 11.3 Å². The molecule has 1 aliphatic rings. The first-order chi connectivity index (χ1) is 13.5. The van der Waals surface area contributed by atoms with Crippen LogP contribution in [-0.2, 0) is 0 Å². The van der Waals surface area contributed by atoms with Crippen molar-refractivity contribution in [1.82, 2.24) is 20.0 Å². The van der Waals surface area contributed by atoms with Gasteiger partial charge in [-0.3, -0.25) is 4.79 Å². The van der Waals surface area contributed by atoms with E-state index < -0.39 is 5.82 Å². The number of benzene rings is 1. The average Bonchev–Trinajstić information content (AvgIpc) is 3.13. The molecule has 7 heteroatoms. The van der Waals surface area contributed by atoms with E-state index >= 15 is 0 Å². The van der Waals surface area contributed by atoms with Gasteiger partial charge in [0.1, 0.15) is 11.6 Å². The van der Waals surface area contributed by atoms with Crippen LogP contribution in [0, 0.1) is 19.7 Å². The highest BCUT2D eigenvalue weighted by molar-refractivity contribution is 5.94. The van der Waals surface area contributed by atoms with Crippen molar-refractivity contribution in [2.75, 3.05) is 13.1 Å². The van der Waals surface area contributed by atoms with Crippen molar-refractivity contribution in [1.29, 1.82) is 0 Å². The fraction of sp³-hybridized carbons (Fsp3) is 0.333. The lowest BCUT2D eigenvalue weighted by molar-refractivity contribution is 0.0705. The quantitative estimate of drug-likeness (QED) is 0.689. The molecule has 0 saturated carbocycles. The molecule has 3 heterocycles. The maximum atomic E-state index is 13.5. The lowest BCUT2D eigenvalue weighted by Gasteiger charge is -2.33. The van der Waals surface area contributed by atoms with Gasteiger partial charge < -0.3 is 9.42 Å². The fourth-order valence-corrected chi connectivity index (χ4v) is 3.67. The number of amides is 1. The first kappa shape index (κ1) is 18.3. The standard InChI is InChI=1S/C21H21FN4O2/c1-13-9-19(28-25-13)18-11-23-14(2)24-20(18)16-6-4-8-26(12-16)21(27)15-5-3-7-17(22)10-15/h3,5,7,9-11,16H,4,6,8,12H2,1-2H3/t16-/m0/s1. The average molecular weight is 380 g/mol. The molecule has 1 atom stereocenters. The van der Waals surface area contributed by atoms with Crippen molar-refractivity contribution in [3.63, 3.8) is 0 Å². The Morgan fingerprint density at radius 2 is 2.14 bits per heavy atom. The van der Waals surface area contributed by atoms with Gasteiger partial charge in [-0.25, -0.2) is 14.4 Å². The number of likely N-dealkylation sites (tertiary alicyclic amines) is 1. The number of aromatic nitrogens is 3. The van der Waals surface area contributed by atoms with Gasteiger partial charge in [0.25, 0.3) is 5.91 Å². The third-order valence-corrected chi connectivity index (χ3v) is 5.00. The van der Waals surface area contributed by atoms with E-state index in [1.54, 1.807) is 23.2 Å². The second kappa shape index (κ2) is 7.50. The molecule has 0 bridgehead atoms. The van der Waals surface area contributed by atoms with Gasteiger partial charge in [0, 0.05) is 36.8 Å². The predicted molar refractivity (Wildman–Crippen MR) is 101 cm³/mol. The van der Waals surface area contributed by atoms with Crippen LogP contribution in [0.15, 0.2) is 41.1 Å². The Bertz CT molecular complexity index is 1020. The van der Waals surface area contributed by atoms with E-state index in [1.807, 2.05) is 19.9 Å². The second-order valence-corrected chi connectivity index (χ2v) is 7.15. The summed E-state index contributed by atoms with van der Waals surface area (Å²) in [5, 5.41) is 3.96. The van der Waals surface area contributed by atoms with Gasteiger partial charge in [0.2, 0.25) is 0 Å². The maximum Gasteiger partial charge on any atom is 0.253 e. The molecule has 1 aromatic carbocycles. The summed E-state index contributed by atoms with van der Waals surface area (Å²) in [6.45, 7) is 4.87. The van der Waals surface area contributed by atoms with Crippen LogP contribution in [0.3, 0.4) is 0 Å². The number of piperidine rings is 1. The molecule has 1 aliphatic heterocycles. The zero-order chi connectivity index (χ0) is 19.7. The van der Waals surface area contributed by atoms with Crippen LogP contribution in [-0.4, -0.2) is 39.0 Å². The van der Waals surface area contributed by atoms with Crippen LogP contribution < -0.4 is 0 Å². The molecule has 0 N–H and O–H groups in total. The predicted octanol–water partition coefficient (Wildman–Crippen LogP) is 3.91. The highest BCUT2D eigenvalue weighted by atomic mass is 19.1. The molecule has 144 valence electrons. The molecule has 28 heavy (non-hydrogen) atoms. The topological polar surface area (TPSA) is 72.1 Å². The van der Waals surface area contributed by atoms with Crippen molar-refractivity contribution in [2.45, 2.75) is 32.6 Å². The molecule has 0 unspecified atom stereocenters. The molecule has 0 radical (unpaired) electrons. The Morgan fingerprint density at radius 3 is 2.89 bits per heavy atom. The Labute approximate surface area is 162 Å². The molecule has 1 fully saturated rings. The summed E-state index contributed by atoms with van der Waals surface area (Å²) in [7, 11) is 0. The van der Waals surface area contributed by atoms with Crippen LogP contribution in [0.1, 0.15) is 46.3 Å². The van der Waals surface area contributed by atoms with Crippen LogP contribution in [0.5, 0.6) is 0 Å². The minimum Gasteiger partial charge on any atom is -0.356 e. The van der Waals surface area contributed by atoms with Gasteiger partial charge in [-0.2, -0.15) is 0 Å². The molecule has 2 aromatic heterocycles. The molecular weight excluding hydrogens is 359 g/mol. The van der Waals surface area contributed by atoms with E-state index in [9.17, 15) is 9.18 Å². The van der Waals surface area contributed by atoms with E-state index in [1.165, 1.54) is 12.1 Å². The lowest BCUT2D eigenvalue weighted by Crippen LogP contribution is -2.39. The summed E-state index contributed by atoms with van der Waals surface area (Å²) >= 11 is 0. The second-order valence-electron chi connectivity index (χ2n) is 7.15. The van der Waals surface area contributed by atoms with E-state index in [-0.39, 0.29) is 11.8 Å². The van der Waals surface area contributed by atoms with Crippen LogP contribution >= 0.6 is 0 Å². The van der Waals surface area contributed by atoms with Gasteiger partial charge in [-0.1, -0.05) is 11.2 Å². The van der Waals surface area contributed by atoms with E-state index in [0.29, 0.717) is 30.2 Å². The Balaban J connectivity index is 1.63. The summed E-state index contributed by atoms with van der Waals surface area (Å²) in [6, 6.07) is 7.68. The van der Waals surface area contributed by atoms with Gasteiger partial charge in [-0.15, -0.1) is 0 Å². The van der Waals surface area contributed by atoms with Gasteiger partial charge >= 0.3 is 0 Å². The molecule has 0 spiro atoms. The molecule has 0 aliphatic carbocycles. The SMILES string of the molecule is Cc1cc(-c2cnc(C)nc2[C@H]2CCCN(C(=O)c3cccc(F)c3)C2)on1. The van der Waals surface area contributed by atoms with Crippen molar-refractivity contribution < 1.29 is 13.7 Å². The van der Waals surface area contributed by atoms with E-state index in [0.717, 1.165) is 29.8 Å². The highest BCUT2D eigenvalue weighted by Gasteiger charge is 2.29. The number of carbonyl (C=O) groups is 1. The van der Waals surface area contributed by atoms with Crippen molar-refractivity contribution in [3.05, 3.63) is 65.1 Å². The summed E-state index contributed by atoms with van der Waals surface area (Å²) in [4.78, 5) is 23.6. The van der Waals surface area contributed by atoms with Crippen molar-refractivity contribution in [3.8, 4) is 11.3 Å². The number of nitrogens with zero attached hydrogens (tertiary/aromatic N) is 4. The molecule has 4 rings (SSSR count). The fourth-order valence-electron chi connectivity index (χ4n) is 3.67. The molecule has 1 amide bonds. The lowest BCUT2D eigenvalue weighted by atomic mass is 9.91. The van der Waals surface area contributed by atoms with Gasteiger partial charge in [0.05, 0.1) is 17.0 Å². The van der Waals surface area contributed by atoms with E-state index in [2.05, 4.69) is 15.1 Å². The van der Waals surface area contributed by atoms with Crippen molar-refractivity contribution >= 4 is 5.91 Å². The third kappa shape index (κ3) is 3.65. The molecule has 6 nitrogen and oxygen atoms in total. The monoisotopic (exact) mass is 380 g/mol. The zero-order valence-electron chi connectivity index (χ0n) is 15.9. The first-order valence-corrected chi connectivity index (χ1v) is 9.33. The maximum absolute atomic E-state index is 13.5. The number of hydrogen-bond acceptors (Lipinski definition) is 5. The Morgan fingerprint density at radius 1 is 1.29 bits per heavy atom. The number of carbonyl (C=O) groups excluding carboxylic acids is 1. The van der Waals surface area contributed by atoms with E-state index in [4.69, 9.17) is 4.52 Å². The van der Waals surface area contributed by atoms with Crippen LogP contribution in [0.4, 0.5) is 4.39 Å². The summed E-state index contributed by atoms with van der Waals surface area (Å²) in [6.07, 6.45) is 3.51. The number of rotatable bonds is 3. The smallest absolute Gasteiger partial charge is 0.253 e. The highest BCUT2D eigenvalue weighted by Crippen LogP contribution is 2.33. The normalized spacial score (nSPS) is 17.0. The third-order valence-electron chi connectivity index (χ3n) is 5.00. The number of aryl methyl sites for hydroxylation is 2. The molecular formula is C21H21FN4O2. The minimum absolute atomic E-state index is 0.0494. The molecule has 1 saturated heterocycles. The van der Waals surface area contributed by atoms with Gasteiger partial charge in [-0.05, 0) is 44.9 Å². The zero-order valence-corrected chi connectivity index (χ0v) is 15.9. The van der Waals surface area contributed by atoms with Crippen LogP contribution in [0.2, 0.25) is 0 Å².